The van der Waals surface area contributed by atoms with Crippen LogP contribution in [-0.2, 0) is 27.2 Å². The van der Waals surface area contributed by atoms with Gasteiger partial charge in [-0.3, -0.25) is 9.59 Å². The molecule has 2 aromatic carbocycles. The maximum absolute atomic E-state index is 13.5. The van der Waals surface area contributed by atoms with E-state index in [1.165, 1.54) is 29.4 Å². The molecule has 1 saturated carbocycles. The van der Waals surface area contributed by atoms with Crippen LogP contribution in [-0.4, -0.2) is 91.2 Å². The molecule has 4 unspecified atom stereocenters. The number of hydrogen-bond acceptors (Lipinski definition) is 8. The van der Waals surface area contributed by atoms with Gasteiger partial charge in [0.2, 0.25) is 11.8 Å². The molecule has 0 aromatic heterocycles. The molecule has 0 spiro atoms. The monoisotopic (exact) mass is 638 g/mol. The second-order valence-electron chi connectivity index (χ2n) is 12.6. The Balaban J connectivity index is 0.000000625. The van der Waals surface area contributed by atoms with Crippen molar-refractivity contribution in [3.05, 3.63) is 59.2 Å². The second kappa shape index (κ2) is 19.3. The van der Waals surface area contributed by atoms with E-state index in [0.29, 0.717) is 31.7 Å². The number of carbonyl (C=O) groups excluding carboxylic acids is 3. The number of hydrogen-bond donors (Lipinski definition) is 5. The molecular weight excluding hydrogens is 584 g/mol. The van der Waals surface area contributed by atoms with Gasteiger partial charge < -0.3 is 40.6 Å². The lowest BCUT2D eigenvalue weighted by Gasteiger charge is -2.36. The van der Waals surface area contributed by atoms with Gasteiger partial charge in [-0.05, 0) is 88.6 Å². The van der Waals surface area contributed by atoms with Gasteiger partial charge in [0.25, 0.3) is 0 Å². The Labute approximate surface area is 274 Å². The average Bonchev–Trinajstić information content (AvgIpc) is 3.05. The minimum Gasteiger partial charge on any atom is -0.508 e. The molecule has 4 rings (SSSR count). The Morgan fingerprint density at radius 1 is 1.09 bits per heavy atom. The van der Waals surface area contributed by atoms with Gasteiger partial charge in [0.05, 0.1) is 18.7 Å². The van der Waals surface area contributed by atoms with Crippen molar-refractivity contribution in [2.75, 3.05) is 33.7 Å². The quantitative estimate of drug-likeness (QED) is 0.157. The highest BCUT2D eigenvalue weighted by molar-refractivity contribution is 5.85. The lowest BCUT2D eigenvalue weighted by Crippen LogP contribution is -2.56. The third kappa shape index (κ3) is 11.4. The van der Waals surface area contributed by atoms with Gasteiger partial charge in [-0.2, -0.15) is 0 Å². The van der Waals surface area contributed by atoms with E-state index in [1.54, 1.807) is 26.2 Å². The molecule has 0 saturated heterocycles. The molecule has 10 nitrogen and oxygen atoms in total. The number of aliphatic hydroxyl groups excluding tert-OH is 1. The van der Waals surface area contributed by atoms with Crippen LogP contribution < -0.4 is 20.7 Å². The molecule has 46 heavy (non-hydrogen) atoms. The number of aromatic hydroxyl groups is 1. The van der Waals surface area contributed by atoms with Gasteiger partial charge >= 0.3 is 0 Å². The van der Waals surface area contributed by atoms with Gasteiger partial charge in [0.1, 0.15) is 29.9 Å². The minimum absolute atomic E-state index is 0.00870. The first-order valence-corrected chi connectivity index (χ1v) is 16.7. The van der Waals surface area contributed by atoms with Crippen molar-refractivity contribution < 1.29 is 29.3 Å². The predicted octanol–water partition coefficient (Wildman–Crippen LogP) is 3.29. The normalized spacial score (nSPS) is 18.1. The molecular formula is C36H54N4O6. The number of rotatable bonds is 14. The smallest absolute Gasteiger partial charge is 0.240 e. The van der Waals surface area contributed by atoms with E-state index in [9.17, 15) is 19.5 Å². The molecule has 5 N–H and O–H groups in total. The number of ether oxygens (including phenoxy) is 1. The van der Waals surface area contributed by atoms with Crippen LogP contribution in [0.2, 0.25) is 0 Å². The highest BCUT2D eigenvalue weighted by atomic mass is 16.5. The topological polar surface area (TPSA) is 140 Å². The van der Waals surface area contributed by atoms with E-state index in [1.807, 2.05) is 19.1 Å². The van der Waals surface area contributed by atoms with Crippen molar-refractivity contribution in [1.82, 2.24) is 20.9 Å². The summed E-state index contributed by atoms with van der Waals surface area (Å²) in [5, 5.41) is 28.1. The summed E-state index contributed by atoms with van der Waals surface area (Å²) < 4.78 is 6.48. The summed E-state index contributed by atoms with van der Waals surface area (Å²) >= 11 is 0. The first-order chi connectivity index (χ1) is 22.1. The number of likely N-dealkylation sites (N-methyl/N-ethyl adjacent to an activating group) is 2. The first kappa shape index (κ1) is 37.0. The fourth-order valence-electron chi connectivity index (χ4n) is 6.22. The molecule has 2 aliphatic rings. The highest BCUT2D eigenvalue weighted by Gasteiger charge is 2.35. The Morgan fingerprint density at radius 3 is 2.43 bits per heavy atom. The third-order valence-electron chi connectivity index (χ3n) is 8.90. The number of nitrogens with one attached hydrogen (secondary N) is 3. The van der Waals surface area contributed by atoms with E-state index in [2.05, 4.69) is 34.1 Å². The Hall–Kier alpha value is -3.47. The molecule has 0 radical (unpaired) electrons. The molecule has 10 heteroatoms. The van der Waals surface area contributed by atoms with E-state index in [0.717, 1.165) is 62.7 Å². The van der Waals surface area contributed by atoms with E-state index < -0.39 is 18.2 Å². The van der Waals surface area contributed by atoms with Crippen LogP contribution in [0.25, 0.3) is 0 Å². The molecule has 1 heterocycles. The molecule has 1 aliphatic carbocycles. The van der Waals surface area contributed by atoms with Crippen LogP contribution in [0.15, 0.2) is 42.5 Å². The van der Waals surface area contributed by atoms with Crippen LogP contribution in [0.5, 0.6) is 11.5 Å². The number of fused-ring (bicyclic) bond motifs is 1. The van der Waals surface area contributed by atoms with E-state index >= 15 is 0 Å². The number of carbonyl (C=O) groups is 3. The van der Waals surface area contributed by atoms with Crippen LogP contribution in [0.3, 0.4) is 0 Å². The second-order valence-corrected chi connectivity index (χ2v) is 12.6. The van der Waals surface area contributed by atoms with Crippen molar-refractivity contribution in [2.24, 2.45) is 5.92 Å². The molecule has 254 valence electrons. The van der Waals surface area contributed by atoms with Crippen molar-refractivity contribution in [3.63, 3.8) is 0 Å². The largest absolute Gasteiger partial charge is 0.508 e. The standard InChI is InChI=1S/C29H46N4O5.C7H8O/c1-20(35)25(19-34)33(3)29(37)27(21-9-5-4-6-10-21)32-17-24-15-14-23-12-7-11-22(28(23)38-24)13-8-16-31-26(36)18-30-2;1-6-2-4-7(8)5-3-6/h7,11-12,19-21,24-25,27,30,32,35H,4-6,8-10,13-18H2,1-3H3,(H,31,36);2-5,8H,1H3. The molecule has 1 aliphatic heterocycles. The molecule has 4 atom stereocenters. The summed E-state index contributed by atoms with van der Waals surface area (Å²) in [6.07, 6.45) is 8.37. The van der Waals surface area contributed by atoms with E-state index in [-0.39, 0.29) is 23.8 Å². The van der Waals surface area contributed by atoms with Crippen molar-refractivity contribution in [1.29, 1.82) is 0 Å². The molecule has 2 aromatic rings. The Morgan fingerprint density at radius 2 is 1.80 bits per heavy atom. The molecule has 1 fully saturated rings. The summed E-state index contributed by atoms with van der Waals surface area (Å²) in [6.45, 7) is 4.98. The summed E-state index contributed by atoms with van der Waals surface area (Å²) in [4.78, 5) is 38.2. The fraction of sp³-hybridized carbons (Fsp3) is 0.583. The lowest BCUT2D eigenvalue weighted by atomic mass is 9.83. The highest BCUT2D eigenvalue weighted by Crippen LogP contribution is 2.33. The number of nitrogens with zero attached hydrogens (tertiary/aromatic N) is 1. The summed E-state index contributed by atoms with van der Waals surface area (Å²) in [7, 11) is 3.36. The summed E-state index contributed by atoms with van der Waals surface area (Å²) in [6, 6.07) is 12.1. The summed E-state index contributed by atoms with van der Waals surface area (Å²) in [5.41, 5.74) is 3.51. The third-order valence-corrected chi connectivity index (χ3v) is 8.90. The zero-order chi connectivity index (χ0) is 33.5. The van der Waals surface area contributed by atoms with Crippen LogP contribution in [0.1, 0.15) is 68.6 Å². The van der Waals surface area contributed by atoms with Gasteiger partial charge in [-0.15, -0.1) is 0 Å². The summed E-state index contributed by atoms with van der Waals surface area (Å²) in [5.74, 6) is 1.30. The van der Waals surface area contributed by atoms with Gasteiger partial charge in [-0.1, -0.05) is 55.2 Å². The zero-order valence-electron chi connectivity index (χ0n) is 28.0. The number of aldehydes is 1. The van der Waals surface area contributed by atoms with Crippen molar-refractivity contribution in [3.8, 4) is 11.5 Å². The Bertz CT molecular complexity index is 1210. The lowest BCUT2D eigenvalue weighted by molar-refractivity contribution is -0.141. The number of phenols is 1. The molecule has 2 amide bonds. The molecule has 0 bridgehead atoms. The fourth-order valence-corrected chi connectivity index (χ4v) is 6.22. The van der Waals surface area contributed by atoms with Gasteiger partial charge in [0.15, 0.2) is 0 Å². The maximum Gasteiger partial charge on any atom is 0.240 e. The van der Waals surface area contributed by atoms with E-state index in [4.69, 9.17) is 9.84 Å². The number of aliphatic hydroxyl groups is 1. The number of amides is 2. The number of benzene rings is 2. The van der Waals surface area contributed by atoms with Crippen LogP contribution >= 0.6 is 0 Å². The van der Waals surface area contributed by atoms with Crippen molar-refractivity contribution in [2.45, 2.75) is 95.9 Å². The predicted molar refractivity (Wildman–Crippen MR) is 180 cm³/mol. The minimum atomic E-state index is -0.929. The van der Waals surface area contributed by atoms with Gasteiger partial charge in [-0.25, -0.2) is 0 Å². The zero-order valence-corrected chi connectivity index (χ0v) is 28.0. The number of phenolic OH excluding ortho intramolecular Hbond substituents is 1. The van der Waals surface area contributed by atoms with Gasteiger partial charge in [0, 0.05) is 20.1 Å². The van der Waals surface area contributed by atoms with Crippen LogP contribution in [0, 0.1) is 12.8 Å². The maximum atomic E-state index is 13.5. The SMILES string of the molecule is CNCC(=O)NCCCc1cccc2c1OC(CNC(C(=O)N(C)C(C=O)C(C)O)C1CCCCC1)CC2.Cc1ccc(O)cc1. The van der Waals surface area contributed by atoms with Crippen LogP contribution in [0.4, 0.5) is 0 Å². The number of para-hydroxylation sites is 1. The number of aryl methyl sites for hydroxylation is 3. The van der Waals surface area contributed by atoms with Crippen molar-refractivity contribution >= 4 is 18.1 Å². The average molecular weight is 639 g/mol. The first-order valence-electron chi connectivity index (χ1n) is 16.7. The Kier molecular flexibility index (Phi) is 15.5.